The van der Waals surface area contributed by atoms with Gasteiger partial charge >= 0.3 is 0 Å². The van der Waals surface area contributed by atoms with E-state index in [0.29, 0.717) is 11.9 Å². The number of thiocarbonyl (C=S) groups is 1. The summed E-state index contributed by atoms with van der Waals surface area (Å²) in [5.74, 6) is 0. The van der Waals surface area contributed by atoms with Crippen molar-refractivity contribution >= 4 is 28.5 Å². The predicted octanol–water partition coefficient (Wildman–Crippen LogP) is 0.598. The molecule has 0 rings (SSSR count). The summed E-state index contributed by atoms with van der Waals surface area (Å²) in [6, 6.07) is 0. The Morgan fingerprint density at radius 1 is 1.83 bits per heavy atom. The van der Waals surface area contributed by atoms with E-state index in [1.807, 2.05) is 0 Å². The van der Waals surface area contributed by atoms with Crippen LogP contribution in [0.25, 0.3) is 0 Å². The van der Waals surface area contributed by atoms with Crippen molar-refractivity contribution in [2.75, 3.05) is 0 Å². The van der Waals surface area contributed by atoms with Crippen LogP contribution in [0.4, 0.5) is 0 Å². The van der Waals surface area contributed by atoms with Gasteiger partial charge < -0.3 is 11.3 Å². The van der Waals surface area contributed by atoms with Crippen molar-refractivity contribution in [2.24, 2.45) is 5.14 Å². The zero-order valence-corrected chi connectivity index (χ0v) is 4.68. The molecule has 0 aromatic heterocycles. The summed E-state index contributed by atoms with van der Waals surface area (Å²) in [6.07, 6.45) is 0. The zero-order chi connectivity index (χ0) is 4.28. The van der Waals surface area contributed by atoms with E-state index in [1.54, 1.807) is 0 Å². The van der Waals surface area contributed by atoms with Crippen LogP contribution < -0.4 is 11.3 Å². The third-order valence-corrected chi connectivity index (χ3v) is 0.591. The largest absolute Gasteiger partial charge is 0.493 e. The van der Waals surface area contributed by atoms with Crippen LogP contribution in [-0.2, 0) is 0 Å². The first-order chi connectivity index (χ1) is 2.27. The van der Waals surface area contributed by atoms with Crippen LogP contribution in [0.5, 0.6) is 0 Å². The third-order valence-electron chi connectivity index (χ3n) is 0.101. The summed E-state index contributed by atoms with van der Waals surface area (Å²) in [7, 11) is 0. The first-order valence-electron chi connectivity index (χ1n) is 0.868. The molecule has 0 aromatic rings. The second-order valence-corrected chi connectivity index (χ2v) is 1.65. The van der Waals surface area contributed by atoms with Gasteiger partial charge in [-0.15, -0.1) is 0 Å². The highest BCUT2D eigenvalue weighted by atomic mass is 32.2. The molecule has 0 unspecified atom stereocenters. The van der Waals surface area contributed by atoms with Crippen LogP contribution in [0.3, 0.4) is 0 Å². The minimum Gasteiger partial charge on any atom is -0.493 e. The Bertz CT molecular complexity index is 46.8. The average molecular weight is 126 g/mol. The van der Waals surface area contributed by atoms with E-state index in [4.69, 9.17) is 10.2 Å². The standard InChI is InChI=1S/CH3NOS2.H3N/c2-5-1(3)4;/h2H2,(H,3,4);1H3. The number of nitrogens with two attached hydrogens (primary N) is 1. The molecule has 0 aromatic carbocycles. The van der Waals surface area contributed by atoms with E-state index in [2.05, 4.69) is 12.2 Å². The SMILES string of the molecule is N.NSC(O)=S. The second-order valence-electron chi connectivity index (χ2n) is 0.384. The fraction of sp³-hybridized carbons (Fsp3) is 0. The molecule has 0 bridgehead atoms. The number of aliphatic hydroxyl groups excluding tert-OH is 1. The molecule has 6 N–H and O–H groups in total. The highest BCUT2D eigenvalue weighted by Crippen LogP contribution is 1.83. The lowest BCUT2D eigenvalue weighted by molar-refractivity contribution is 0.585. The maximum absolute atomic E-state index is 7.93. The second kappa shape index (κ2) is 5.16. The Balaban J connectivity index is 0. The Morgan fingerprint density at radius 2 is 2.00 bits per heavy atom. The van der Waals surface area contributed by atoms with Crippen molar-refractivity contribution < 1.29 is 5.11 Å². The molecular weight excluding hydrogens is 120 g/mol. The summed E-state index contributed by atoms with van der Waals surface area (Å²) in [6.45, 7) is 0. The lowest BCUT2D eigenvalue weighted by Crippen LogP contribution is -1.86. The normalized spacial score (nSPS) is 6.17. The molecular formula is CH6N2OS2. The van der Waals surface area contributed by atoms with Gasteiger partial charge in [-0.2, -0.15) is 0 Å². The summed E-state index contributed by atoms with van der Waals surface area (Å²) >= 11 is 4.76. The quantitative estimate of drug-likeness (QED) is 0.327. The Labute approximate surface area is 45.6 Å². The van der Waals surface area contributed by atoms with Crippen LogP contribution in [0.1, 0.15) is 0 Å². The fourth-order valence-corrected chi connectivity index (χ4v) is 0. The molecule has 6 heavy (non-hydrogen) atoms. The first kappa shape index (κ1) is 9.48. The molecule has 0 fully saturated rings. The molecule has 38 valence electrons. The van der Waals surface area contributed by atoms with Gasteiger partial charge in [0.15, 0.2) is 0 Å². The van der Waals surface area contributed by atoms with Gasteiger partial charge in [-0.3, -0.25) is 5.14 Å². The van der Waals surface area contributed by atoms with Crippen molar-refractivity contribution in [3.8, 4) is 0 Å². The molecule has 0 heterocycles. The van der Waals surface area contributed by atoms with Crippen LogP contribution in [0.15, 0.2) is 0 Å². The monoisotopic (exact) mass is 126 g/mol. The van der Waals surface area contributed by atoms with Crippen molar-refractivity contribution in [3.05, 3.63) is 0 Å². The molecule has 0 saturated heterocycles. The summed E-state index contributed by atoms with van der Waals surface area (Å²) < 4.78 is -0.218. The maximum Gasteiger partial charge on any atom is 0.232 e. The molecule has 0 aliphatic carbocycles. The topological polar surface area (TPSA) is 81.2 Å². The molecule has 0 saturated carbocycles. The fourth-order valence-electron chi connectivity index (χ4n) is 0. The van der Waals surface area contributed by atoms with Gasteiger partial charge in [0, 0.05) is 11.9 Å². The Hall–Kier alpha value is 0.160. The number of rotatable bonds is 0. The lowest BCUT2D eigenvalue weighted by Gasteiger charge is -1.76. The Kier molecular flexibility index (Phi) is 8.15. The van der Waals surface area contributed by atoms with Crippen LogP contribution in [-0.4, -0.2) is 9.49 Å². The van der Waals surface area contributed by atoms with E-state index in [0.717, 1.165) is 0 Å². The number of hydrogen-bond acceptors (Lipinski definition) is 4. The van der Waals surface area contributed by atoms with E-state index < -0.39 is 0 Å². The van der Waals surface area contributed by atoms with Gasteiger partial charge in [0.1, 0.15) is 0 Å². The zero-order valence-electron chi connectivity index (χ0n) is 3.05. The van der Waals surface area contributed by atoms with Crippen LogP contribution in [0, 0.1) is 0 Å². The van der Waals surface area contributed by atoms with E-state index >= 15 is 0 Å². The van der Waals surface area contributed by atoms with Gasteiger partial charge in [0.25, 0.3) is 0 Å². The molecule has 3 nitrogen and oxygen atoms in total. The van der Waals surface area contributed by atoms with Gasteiger partial charge in [0.05, 0.1) is 0 Å². The summed E-state index contributed by atoms with van der Waals surface area (Å²) in [4.78, 5) is 0. The van der Waals surface area contributed by atoms with Crippen molar-refractivity contribution in [1.82, 2.24) is 6.15 Å². The van der Waals surface area contributed by atoms with Gasteiger partial charge in [-0.05, 0) is 12.2 Å². The van der Waals surface area contributed by atoms with Gasteiger partial charge in [-0.25, -0.2) is 0 Å². The van der Waals surface area contributed by atoms with E-state index in [9.17, 15) is 0 Å². The molecule has 0 atom stereocenters. The number of aliphatic hydroxyl groups is 1. The highest BCUT2D eigenvalue weighted by molar-refractivity contribution is 8.21. The lowest BCUT2D eigenvalue weighted by atomic mass is 11.7. The Morgan fingerprint density at radius 3 is 2.00 bits per heavy atom. The molecule has 0 aliphatic rings. The average Bonchev–Trinajstić information content (AvgIpc) is 1.38. The van der Waals surface area contributed by atoms with E-state index in [1.165, 1.54) is 0 Å². The van der Waals surface area contributed by atoms with Crippen LogP contribution >= 0.6 is 24.2 Å². The molecule has 5 heteroatoms. The van der Waals surface area contributed by atoms with Gasteiger partial charge in [-0.1, -0.05) is 0 Å². The number of hydrogen-bond donors (Lipinski definition) is 3. The summed E-state index contributed by atoms with van der Waals surface area (Å²) in [5.41, 5.74) is 0. The predicted molar refractivity (Wildman–Crippen MR) is 32.0 cm³/mol. The minimum absolute atomic E-state index is 0. The smallest absolute Gasteiger partial charge is 0.232 e. The molecule has 0 aliphatic heterocycles. The molecule has 0 amide bonds. The third kappa shape index (κ3) is 8.90. The summed E-state index contributed by atoms with van der Waals surface area (Å²) in [5, 5.41) is 12.6. The van der Waals surface area contributed by atoms with E-state index in [-0.39, 0.29) is 10.5 Å². The van der Waals surface area contributed by atoms with Crippen LogP contribution in [0.2, 0.25) is 0 Å². The minimum atomic E-state index is -0.218. The van der Waals surface area contributed by atoms with Crippen molar-refractivity contribution in [2.45, 2.75) is 0 Å². The highest BCUT2D eigenvalue weighted by Gasteiger charge is 1.75. The first-order valence-corrected chi connectivity index (χ1v) is 2.16. The van der Waals surface area contributed by atoms with Crippen molar-refractivity contribution in [1.29, 1.82) is 0 Å². The maximum atomic E-state index is 7.93. The molecule has 0 radical (unpaired) electrons. The van der Waals surface area contributed by atoms with Gasteiger partial charge in [0.2, 0.25) is 4.38 Å². The molecule has 0 spiro atoms. The van der Waals surface area contributed by atoms with Crippen molar-refractivity contribution in [3.63, 3.8) is 0 Å².